The van der Waals surface area contributed by atoms with Crippen LogP contribution in [-0.2, 0) is 9.59 Å². The fraction of sp³-hybridized carbons (Fsp3) is 0.833. The number of nitrogens with two attached hydrogens (primary N) is 2. The van der Waals surface area contributed by atoms with Crippen LogP contribution in [0, 0.1) is 5.92 Å². The Kier molecular flexibility index (Phi) is 6.07. The van der Waals surface area contributed by atoms with E-state index in [1.54, 1.807) is 0 Å². The molecule has 1 rings (SSSR count). The molecule has 0 radical (unpaired) electrons. The first-order valence-corrected chi connectivity index (χ1v) is 6.55. The van der Waals surface area contributed by atoms with E-state index < -0.39 is 12.0 Å². The number of hydrogen-bond donors (Lipinski definition) is 4. The highest BCUT2D eigenvalue weighted by Crippen LogP contribution is 2.24. The highest BCUT2D eigenvalue weighted by atomic mass is 16.4. The molecule has 0 aromatic rings. The molecule has 6 N–H and O–H groups in total. The number of carbonyl (C=O) groups is 2. The lowest BCUT2D eigenvalue weighted by atomic mass is 10.0. The molecule has 0 aromatic heterocycles. The van der Waals surface area contributed by atoms with E-state index in [2.05, 4.69) is 5.32 Å². The first-order chi connectivity index (χ1) is 8.56. The first kappa shape index (κ1) is 14.9. The summed E-state index contributed by atoms with van der Waals surface area (Å²) in [6.45, 7) is 0.536. The predicted molar refractivity (Wildman–Crippen MR) is 67.8 cm³/mol. The molecule has 1 aliphatic carbocycles. The third-order valence-corrected chi connectivity index (χ3v) is 3.47. The highest BCUT2D eigenvalue weighted by molar-refractivity contribution is 5.85. The van der Waals surface area contributed by atoms with E-state index in [-0.39, 0.29) is 17.9 Å². The van der Waals surface area contributed by atoms with Gasteiger partial charge >= 0.3 is 5.97 Å². The Labute approximate surface area is 107 Å². The van der Waals surface area contributed by atoms with Gasteiger partial charge in [-0.1, -0.05) is 6.42 Å². The Morgan fingerprint density at radius 2 is 2.06 bits per heavy atom. The second-order valence-corrected chi connectivity index (χ2v) is 4.89. The molecular weight excluding hydrogens is 234 g/mol. The Balaban J connectivity index is 2.44. The molecule has 6 heteroatoms. The summed E-state index contributed by atoms with van der Waals surface area (Å²) in [5, 5.41) is 11.6. The highest BCUT2D eigenvalue weighted by Gasteiger charge is 2.32. The zero-order chi connectivity index (χ0) is 13.5. The average molecular weight is 257 g/mol. The van der Waals surface area contributed by atoms with Crippen molar-refractivity contribution in [3.63, 3.8) is 0 Å². The Hall–Kier alpha value is -1.14. The minimum Gasteiger partial charge on any atom is -0.480 e. The number of nitrogens with one attached hydrogen (secondary N) is 1. The van der Waals surface area contributed by atoms with Gasteiger partial charge in [0.15, 0.2) is 0 Å². The van der Waals surface area contributed by atoms with Gasteiger partial charge in [-0.3, -0.25) is 4.79 Å². The van der Waals surface area contributed by atoms with Crippen LogP contribution in [0.3, 0.4) is 0 Å². The van der Waals surface area contributed by atoms with E-state index >= 15 is 0 Å². The fourth-order valence-corrected chi connectivity index (χ4v) is 2.34. The Bertz CT molecular complexity index is 296. The third kappa shape index (κ3) is 4.27. The zero-order valence-electron chi connectivity index (χ0n) is 10.6. The number of carbonyl (C=O) groups excluding carboxylic acids is 1. The number of hydrogen-bond acceptors (Lipinski definition) is 4. The standard InChI is InChI=1S/C12H23N3O3/c13-7-2-1-6-10(12(17)18)15-11(16)8-4-3-5-9(8)14/h8-10H,1-7,13-14H2,(H,15,16)(H,17,18)/t8-,9+,10+/m1/s1. The maximum atomic E-state index is 11.9. The summed E-state index contributed by atoms with van der Waals surface area (Å²) in [4.78, 5) is 23.0. The molecule has 1 aliphatic rings. The topological polar surface area (TPSA) is 118 Å². The van der Waals surface area contributed by atoms with Crippen molar-refractivity contribution in [2.45, 2.75) is 50.6 Å². The van der Waals surface area contributed by atoms with Gasteiger partial charge in [-0.15, -0.1) is 0 Å². The summed E-state index contributed by atoms with van der Waals surface area (Å²) in [7, 11) is 0. The SMILES string of the molecule is NCCCC[C@H](NC(=O)[C@@H]1CCC[C@@H]1N)C(=O)O. The van der Waals surface area contributed by atoms with Crippen LogP contribution in [0.4, 0.5) is 0 Å². The average Bonchev–Trinajstić information content (AvgIpc) is 2.74. The van der Waals surface area contributed by atoms with E-state index in [9.17, 15) is 9.59 Å². The zero-order valence-corrected chi connectivity index (χ0v) is 10.6. The molecule has 0 spiro atoms. The minimum absolute atomic E-state index is 0.136. The lowest BCUT2D eigenvalue weighted by molar-refractivity contribution is -0.142. The van der Waals surface area contributed by atoms with Crippen molar-refractivity contribution in [2.24, 2.45) is 17.4 Å². The fourth-order valence-electron chi connectivity index (χ4n) is 2.34. The molecule has 1 amide bonds. The van der Waals surface area contributed by atoms with Gasteiger partial charge in [0.25, 0.3) is 0 Å². The quantitative estimate of drug-likeness (QED) is 0.471. The van der Waals surface area contributed by atoms with Gasteiger partial charge in [-0.2, -0.15) is 0 Å². The van der Waals surface area contributed by atoms with Crippen molar-refractivity contribution in [1.29, 1.82) is 0 Å². The number of aliphatic carboxylic acids is 1. The van der Waals surface area contributed by atoms with E-state index in [1.807, 2.05) is 0 Å². The van der Waals surface area contributed by atoms with Crippen LogP contribution in [-0.4, -0.2) is 35.6 Å². The maximum Gasteiger partial charge on any atom is 0.326 e. The lowest BCUT2D eigenvalue weighted by Gasteiger charge is -2.19. The Morgan fingerprint density at radius 3 is 2.56 bits per heavy atom. The van der Waals surface area contributed by atoms with Crippen molar-refractivity contribution in [3.8, 4) is 0 Å². The van der Waals surface area contributed by atoms with Crippen LogP contribution in [0.15, 0.2) is 0 Å². The van der Waals surface area contributed by atoms with Crippen molar-refractivity contribution >= 4 is 11.9 Å². The van der Waals surface area contributed by atoms with Gasteiger partial charge in [0.05, 0.1) is 5.92 Å². The minimum atomic E-state index is -0.994. The number of carboxylic acid groups (broad SMARTS) is 1. The molecule has 1 fully saturated rings. The Morgan fingerprint density at radius 1 is 1.33 bits per heavy atom. The molecule has 0 aliphatic heterocycles. The van der Waals surface area contributed by atoms with E-state index in [1.165, 1.54) is 0 Å². The molecule has 0 unspecified atom stereocenters. The van der Waals surface area contributed by atoms with E-state index in [0.29, 0.717) is 19.4 Å². The summed E-state index contributed by atoms with van der Waals surface area (Å²) < 4.78 is 0. The van der Waals surface area contributed by atoms with Crippen molar-refractivity contribution < 1.29 is 14.7 Å². The van der Waals surface area contributed by atoms with Crippen molar-refractivity contribution in [3.05, 3.63) is 0 Å². The largest absolute Gasteiger partial charge is 0.480 e. The molecule has 6 nitrogen and oxygen atoms in total. The van der Waals surface area contributed by atoms with Gasteiger partial charge in [0, 0.05) is 6.04 Å². The molecule has 0 saturated heterocycles. The van der Waals surface area contributed by atoms with Crippen LogP contribution in [0.5, 0.6) is 0 Å². The van der Waals surface area contributed by atoms with Crippen molar-refractivity contribution in [1.82, 2.24) is 5.32 Å². The number of carboxylic acids is 1. The summed E-state index contributed by atoms with van der Waals surface area (Å²) in [6.07, 6.45) is 4.41. The van der Waals surface area contributed by atoms with Gasteiger partial charge in [0.2, 0.25) is 5.91 Å². The monoisotopic (exact) mass is 257 g/mol. The van der Waals surface area contributed by atoms with Crippen LogP contribution in [0.2, 0.25) is 0 Å². The maximum absolute atomic E-state index is 11.9. The predicted octanol–water partition coefficient (Wildman–Crippen LogP) is -0.188. The number of amides is 1. The van der Waals surface area contributed by atoms with Crippen molar-refractivity contribution in [2.75, 3.05) is 6.54 Å². The molecule has 0 bridgehead atoms. The van der Waals surface area contributed by atoms with Crippen LogP contribution in [0.1, 0.15) is 38.5 Å². The van der Waals surface area contributed by atoms with Crippen LogP contribution in [0.25, 0.3) is 0 Å². The summed E-state index contributed by atoms with van der Waals surface area (Å²) in [5.41, 5.74) is 11.2. The van der Waals surface area contributed by atoms with Gasteiger partial charge in [0.1, 0.15) is 6.04 Å². The van der Waals surface area contributed by atoms with E-state index in [4.69, 9.17) is 16.6 Å². The van der Waals surface area contributed by atoms with E-state index in [0.717, 1.165) is 25.7 Å². The first-order valence-electron chi connectivity index (χ1n) is 6.55. The van der Waals surface area contributed by atoms with Gasteiger partial charge < -0.3 is 21.9 Å². The van der Waals surface area contributed by atoms with Gasteiger partial charge in [-0.25, -0.2) is 4.79 Å². The second-order valence-electron chi connectivity index (χ2n) is 4.89. The molecule has 0 aromatic carbocycles. The third-order valence-electron chi connectivity index (χ3n) is 3.47. The lowest BCUT2D eigenvalue weighted by Crippen LogP contribution is -2.46. The molecule has 18 heavy (non-hydrogen) atoms. The molecule has 104 valence electrons. The molecule has 0 heterocycles. The molecule has 1 saturated carbocycles. The normalized spacial score (nSPS) is 24.8. The molecular formula is C12H23N3O3. The summed E-state index contributed by atoms with van der Waals surface area (Å²) in [6, 6.07) is -0.958. The van der Waals surface area contributed by atoms with Crippen LogP contribution < -0.4 is 16.8 Å². The molecule has 3 atom stereocenters. The number of rotatable bonds is 7. The summed E-state index contributed by atoms with van der Waals surface area (Å²) >= 11 is 0. The number of unbranched alkanes of at least 4 members (excludes halogenated alkanes) is 1. The second kappa shape index (κ2) is 7.33. The van der Waals surface area contributed by atoms with Gasteiger partial charge in [-0.05, 0) is 38.6 Å². The smallest absolute Gasteiger partial charge is 0.326 e. The van der Waals surface area contributed by atoms with Crippen LogP contribution >= 0.6 is 0 Å². The summed E-state index contributed by atoms with van der Waals surface area (Å²) in [5.74, 6) is -1.45.